The summed E-state index contributed by atoms with van der Waals surface area (Å²) in [5.74, 6) is 2.73. The van der Waals surface area contributed by atoms with Gasteiger partial charge in [0.1, 0.15) is 0 Å². The Morgan fingerprint density at radius 3 is 1.81 bits per heavy atom. The quantitative estimate of drug-likeness (QED) is 0.435. The third-order valence-corrected chi connectivity index (χ3v) is 4.73. The summed E-state index contributed by atoms with van der Waals surface area (Å²) in [5, 5.41) is 0. The molecule has 0 fully saturated rings. The van der Waals surface area contributed by atoms with Crippen LogP contribution in [0.4, 0.5) is 0 Å². The normalized spacial score (nSPS) is 10.4. The van der Waals surface area contributed by atoms with Crippen molar-refractivity contribution in [1.82, 2.24) is 4.90 Å². The van der Waals surface area contributed by atoms with Crippen molar-refractivity contribution >= 4 is 5.91 Å². The Morgan fingerprint density at radius 2 is 1.31 bits per heavy atom. The molecular formula is C25H35NO6. The summed E-state index contributed by atoms with van der Waals surface area (Å²) in [7, 11) is 1.61. The molecule has 0 aliphatic heterocycles. The molecule has 0 aliphatic carbocycles. The van der Waals surface area contributed by atoms with Gasteiger partial charge in [-0.1, -0.05) is 6.07 Å². The lowest BCUT2D eigenvalue weighted by atomic mass is 10.1. The Balaban J connectivity index is 2.36. The minimum atomic E-state index is -0.120. The van der Waals surface area contributed by atoms with E-state index in [1.54, 1.807) is 24.1 Å². The van der Waals surface area contributed by atoms with Crippen molar-refractivity contribution in [2.24, 2.45) is 0 Å². The highest BCUT2D eigenvalue weighted by atomic mass is 16.5. The monoisotopic (exact) mass is 445 g/mol. The first kappa shape index (κ1) is 25.2. The summed E-state index contributed by atoms with van der Waals surface area (Å²) in [6.07, 6.45) is 0. The van der Waals surface area contributed by atoms with Crippen LogP contribution < -0.4 is 23.7 Å². The second-order valence-electron chi connectivity index (χ2n) is 6.84. The zero-order valence-corrected chi connectivity index (χ0v) is 20.0. The van der Waals surface area contributed by atoms with E-state index in [4.69, 9.17) is 23.7 Å². The number of ether oxygens (including phenoxy) is 5. The molecule has 0 saturated carbocycles. The topological polar surface area (TPSA) is 66.5 Å². The first-order valence-corrected chi connectivity index (χ1v) is 11.2. The maximum atomic E-state index is 13.4. The number of methoxy groups -OCH3 is 1. The summed E-state index contributed by atoms with van der Waals surface area (Å²) >= 11 is 0. The van der Waals surface area contributed by atoms with Crippen LogP contribution in [0.5, 0.6) is 28.7 Å². The number of rotatable bonds is 13. The van der Waals surface area contributed by atoms with Gasteiger partial charge in [0.05, 0.1) is 33.5 Å². The SMILES string of the molecule is CCOc1ccc(CN(CC)C(=O)c2cc(OCC)c(OCC)c(OCC)c2)cc1OC. The van der Waals surface area contributed by atoms with Crippen molar-refractivity contribution in [2.75, 3.05) is 40.1 Å². The van der Waals surface area contributed by atoms with Crippen LogP contribution in [0.1, 0.15) is 50.5 Å². The molecule has 2 aromatic rings. The minimum absolute atomic E-state index is 0.120. The molecule has 32 heavy (non-hydrogen) atoms. The van der Waals surface area contributed by atoms with Crippen molar-refractivity contribution in [3.63, 3.8) is 0 Å². The molecule has 1 amide bonds. The Bertz CT molecular complexity index is 856. The van der Waals surface area contributed by atoms with Crippen LogP contribution in [0.25, 0.3) is 0 Å². The van der Waals surface area contributed by atoms with Gasteiger partial charge < -0.3 is 28.6 Å². The molecule has 0 aliphatic rings. The predicted octanol–water partition coefficient (Wildman–Crippen LogP) is 4.95. The Morgan fingerprint density at radius 1 is 0.750 bits per heavy atom. The second kappa shape index (κ2) is 12.7. The van der Waals surface area contributed by atoms with Crippen LogP contribution in [0.2, 0.25) is 0 Å². The van der Waals surface area contributed by atoms with Gasteiger partial charge in [-0.15, -0.1) is 0 Å². The molecule has 0 aromatic heterocycles. The lowest BCUT2D eigenvalue weighted by molar-refractivity contribution is 0.0751. The van der Waals surface area contributed by atoms with Crippen molar-refractivity contribution in [2.45, 2.75) is 41.2 Å². The van der Waals surface area contributed by atoms with E-state index in [1.165, 1.54) is 0 Å². The molecule has 0 unspecified atom stereocenters. The van der Waals surface area contributed by atoms with Crippen molar-refractivity contribution < 1.29 is 28.5 Å². The number of benzene rings is 2. The smallest absolute Gasteiger partial charge is 0.254 e. The fourth-order valence-electron chi connectivity index (χ4n) is 3.33. The van der Waals surface area contributed by atoms with E-state index in [1.807, 2.05) is 52.8 Å². The van der Waals surface area contributed by atoms with Gasteiger partial charge >= 0.3 is 0 Å². The molecule has 0 bridgehead atoms. The molecule has 0 saturated heterocycles. The summed E-state index contributed by atoms with van der Waals surface area (Å²) in [6.45, 7) is 12.4. The van der Waals surface area contributed by atoms with E-state index in [0.717, 1.165) is 5.56 Å². The van der Waals surface area contributed by atoms with Crippen LogP contribution in [0.3, 0.4) is 0 Å². The standard InChI is InChI=1S/C25H35NO6/c1-7-26(17-18-12-13-20(29-8-2)21(14-18)28-6)25(27)19-15-22(30-9-3)24(32-11-5)23(16-19)31-10-4/h12-16H,7-11,17H2,1-6H3. The van der Waals surface area contributed by atoms with E-state index in [-0.39, 0.29) is 5.91 Å². The lowest BCUT2D eigenvalue weighted by Gasteiger charge is -2.23. The molecule has 2 aromatic carbocycles. The molecule has 7 heteroatoms. The molecule has 7 nitrogen and oxygen atoms in total. The average molecular weight is 446 g/mol. The van der Waals surface area contributed by atoms with E-state index < -0.39 is 0 Å². The van der Waals surface area contributed by atoms with Crippen molar-refractivity contribution in [3.05, 3.63) is 41.5 Å². The minimum Gasteiger partial charge on any atom is -0.493 e. The van der Waals surface area contributed by atoms with E-state index >= 15 is 0 Å². The van der Waals surface area contributed by atoms with Crippen LogP contribution >= 0.6 is 0 Å². The van der Waals surface area contributed by atoms with E-state index in [0.29, 0.717) is 73.8 Å². The van der Waals surface area contributed by atoms with Crippen LogP contribution in [-0.2, 0) is 6.54 Å². The van der Waals surface area contributed by atoms with E-state index in [9.17, 15) is 4.79 Å². The zero-order chi connectivity index (χ0) is 23.5. The number of carbonyl (C=O) groups is 1. The number of nitrogens with zero attached hydrogens (tertiary/aromatic N) is 1. The largest absolute Gasteiger partial charge is 0.493 e. The molecule has 0 atom stereocenters. The second-order valence-corrected chi connectivity index (χ2v) is 6.84. The van der Waals surface area contributed by atoms with Gasteiger partial charge in [0.15, 0.2) is 23.0 Å². The summed E-state index contributed by atoms with van der Waals surface area (Å²) in [5.41, 5.74) is 1.43. The van der Waals surface area contributed by atoms with Crippen molar-refractivity contribution in [3.8, 4) is 28.7 Å². The number of hydrogen-bond acceptors (Lipinski definition) is 6. The van der Waals surface area contributed by atoms with Gasteiger partial charge in [-0.25, -0.2) is 0 Å². The summed E-state index contributed by atoms with van der Waals surface area (Å²) in [4.78, 5) is 15.2. The Labute approximate surface area is 191 Å². The highest BCUT2D eigenvalue weighted by molar-refractivity contribution is 5.95. The van der Waals surface area contributed by atoms with E-state index in [2.05, 4.69) is 0 Å². The Hall–Kier alpha value is -3.09. The maximum Gasteiger partial charge on any atom is 0.254 e. The third-order valence-electron chi connectivity index (χ3n) is 4.73. The maximum absolute atomic E-state index is 13.4. The fourth-order valence-corrected chi connectivity index (χ4v) is 3.33. The summed E-state index contributed by atoms with van der Waals surface area (Å²) in [6, 6.07) is 9.16. The third kappa shape index (κ3) is 6.22. The average Bonchev–Trinajstić information content (AvgIpc) is 2.80. The van der Waals surface area contributed by atoms with Crippen LogP contribution in [-0.4, -0.2) is 50.9 Å². The molecule has 176 valence electrons. The molecule has 0 N–H and O–H groups in total. The van der Waals surface area contributed by atoms with Gasteiger partial charge in [0, 0.05) is 18.7 Å². The van der Waals surface area contributed by atoms with Gasteiger partial charge in [0.25, 0.3) is 5.91 Å². The highest BCUT2D eigenvalue weighted by Crippen LogP contribution is 2.39. The van der Waals surface area contributed by atoms with Crippen LogP contribution in [0, 0.1) is 0 Å². The van der Waals surface area contributed by atoms with Gasteiger partial charge in [0.2, 0.25) is 5.75 Å². The highest BCUT2D eigenvalue weighted by Gasteiger charge is 2.22. The summed E-state index contributed by atoms with van der Waals surface area (Å²) < 4.78 is 28.3. The molecule has 2 rings (SSSR count). The molecule has 0 heterocycles. The number of carbonyl (C=O) groups excluding carboxylic acids is 1. The van der Waals surface area contributed by atoms with Gasteiger partial charge in [-0.05, 0) is 64.4 Å². The molecule has 0 radical (unpaired) electrons. The fraction of sp³-hybridized carbons (Fsp3) is 0.480. The molecule has 0 spiro atoms. The van der Waals surface area contributed by atoms with Gasteiger partial charge in [-0.2, -0.15) is 0 Å². The lowest BCUT2D eigenvalue weighted by Crippen LogP contribution is -2.30. The van der Waals surface area contributed by atoms with Crippen molar-refractivity contribution in [1.29, 1.82) is 0 Å². The molecular weight excluding hydrogens is 410 g/mol. The number of amides is 1. The van der Waals surface area contributed by atoms with Crippen LogP contribution in [0.15, 0.2) is 30.3 Å². The predicted molar refractivity (Wildman–Crippen MR) is 125 cm³/mol. The van der Waals surface area contributed by atoms with Gasteiger partial charge in [-0.3, -0.25) is 4.79 Å². The first-order valence-electron chi connectivity index (χ1n) is 11.2. The Kier molecular flexibility index (Phi) is 9.98. The first-order chi connectivity index (χ1) is 15.5. The zero-order valence-electron chi connectivity index (χ0n) is 20.0. The number of hydrogen-bond donors (Lipinski definition) is 0.